The Bertz CT molecular complexity index is 524. The van der Waals surface area contributed by atoms with Crippen molar-refractivity contribution in [3.05, 3.63) is 40.3 Å². The van der Waals surface area contributed by atoms with E-state index in [9.17, 15) is 0 Å². The average Bonchev–Trinajstić information content (AvgIpc) is 2.82. The number of hydrogen-bond donors (Lipinski definition) is 1. The summed E-state index contributed by atoms with van der Waals surface area (Å²) < 4.78 is 5.81. The fourth-order valence-corrected chi connectivity index (χ4v) is 2.41. The van der Waals surface area contributed by atoms with Crippen LogP contribution in [0.3, 0.4) is 0 Å². The van der Waals surface area contributed by atoms with Crippen molar-refractivity contribution >= 4 is 17.0 Å². The van der Waals surface area contributed by atoms with E-state index in [1.54, 1.807) is 11.3 Å². The number of aromatic nitrogens is 1. The van der Waals surface area contributed by atoms with Crippen molar-refractivity contribution in [2.75, 3.05) is 5.32 Å². The molecule has 1 atom stereocenters. The van der Waals surface area contributed by atoms with E-state index in [1.807, 2.05) is 31.3 Å². The molecule has 0 radical (unpaired) electrons. The molecule has 1 unspecified atom stereocenters. The first kappa shape index (κ1) is 13.9. The van der Waals surface area contributed by atoms with Crippen molar-refractivity contribution in [3.63, 3.8) is 0 Å². The highest BCUT2D eigenvalue weighted by Gasteiger charge is 2.03. The summed E-state index contributed by atoms with van der Waals surface area (Å²) in [5.74, 6) is 0.917. The second-order valence-corrected chi connectivity index (χ2v) is 5.88. The van der Waals surface area contributed by atoms with Gasteiger partial charge in [-0.1, -0.05) is 13.0 Å². The van der Waals surface area contributed by atoms with Crippen LogP contribution in [0.15, 0.2) is 30.5 Å². The van der Waals surface area contributed by atoms with E-state index in [-0.39, 0.29) is 6.10 Å². The molecule has 0 aliphatic heterocycles. The van der Waals surface area contributed by atoms with Crippen LogP contribution in [-0.4, -0.2) is 11.1 Å². The number of nitrogens with one attached hydrogen (secondary N) is 1. The lowest BCUT2D eigenvalue weighted by atomic mass is 10.2. The Hall–Kier alpha value is -1.55. The maximum Gasteiger partial charge on any atom is 0.121 e. The van der Waals surface area contributed by atoms with Crippen LogP contribution >= 0.6 is 11.3 Å². The van der Waals surface area contributed by atoms with E-state index in [0.717, 1.165) is 29.4 Å². The molecule has 1 N–H and O–H groups in total. The molecule has 0 saturated carbocycles. The molecule has 2 aromatic rings. The van der Waals surface area contributed by atoms with Crippen LogP contribution in [0, 0.1) is 6.92 Å². The minimum atomic E-state index is 0.249. The number of rotatable bonds is 6. The molecule has 0 amide bonds. The zero-order chi connectivity index (χ0) is 13.7. The summed E-state index contributed by atoms with van der Waals surface area (Å²) in [6.07, 6.45) is 3.18. The first-order valence-electron chi connectivity index (χ1n) is 6.59. The Morgan fingerprint density at radius 3 is 2.95 bits per heavy atom. The minimum absolute atomic E-state index is 0.249. The summed E-state index contributed by atoms with van der Waals surface area (Å²) in [5.41, 5.74) is 1.08. The van der Waals surface area contributed by atoms with Crippen molar-refractivity contribution in [1.29, 1.82) is 0 Å². The summed E-state index contributed by atoms with van der Waals surface area (Å²) in [5, 5.41) is 4.50. The number of benzene rings is 1. The maximum atomic E-state index is 5.81. The molecule has 0 spiro atoms. The van der Waals surface area contributed by atoms with E-state index < -0.39 is 0 Å². The van der Waals surface area contributed by atoms with Crippen molar-refractivity contribution in [3.8, 4) is 5.75 Å². The summed E-state index contributed by atoms with van der Waals surface area (Å²) in [7, 11) is 0. The van der Waals surface area contributed by atoms with Gasteiger partial charge in [-0.05, 0) is 32.4 Å². The third-order valence-electron chi connectivity index (χ3n) is 2.88. The lowest BCUT2D eigenvalue weighted by Gasteiger charge is -2.13. The number of hydrogen-bond acceptors (Lipinski definition) is 4. The quantitative estimate of drug-likeness (QED) is 0.857. The van der Waals surface area contributed by atoms with E-state index in [4.69, 9.17) is 4.74 Å². The molecule has 0 saturated heterocycles. The highest BCUT2D eigenvalue weighted by molar-refractivity contribution is 7.11. The van der Waals surface area contributed by atoms with Gasteiger partial charge >= 0.3 is 0 Å². The Kier molecular flexibility index (Phi) is 4.80. The molecular weight excluding hydrogens is 256 g/mol. The Morgan fingerprint density at radius 2 is 2.26 bits per heavy atom. The molecule has 0 aliphatic rings. The van der Waals surface area contributed by atoms with Crippen LogP contribution < -0.4 is 10.1 Å². The first-order chi connectivity index (χ1) is 9.17. The first-order valence-corrected chi connectivity index (χ1v) is 7.41. The largest absolute Gasteiger partial charge is 0.491 e. The van der Waals surface area contributed by atoms with Crippen LogP contribution in [0.4, 0.5) is 5.69 Å². The van der Waals surface area contributed by atoms with Crippen LogP contribution in [0.2, 0.25) is 0 Å². The maximum absolute atomic E-state index is 5.81. The van der Waals surface area contributed by atoms with Crippen molar-refractivity contribution in [2.24, 2.45) is 0 Å². The normalized spacial score (nSPS) is 12.2. The van der Waals surface area contributed by atoms with Gasteiger partial charge in [0, 0.05) is 22.8 Å². The van der Waals surface area contributed by atoms with Crippen LogP contribution in [-0.2, 0) is 6.54 Å². The molecule has 0 fully saturated rings. The second-order valence-electron chi connectivity index (χ2n) is 4.56. The number of aryl methyl sites for hydroxylation is 1. The topological polar surface area (TPSA) is 34.1 Å². The molecule has 1 heterocycles. The Labute approximate surface area is 118 Å². The monoisotopic (exact) mass is 276 g/mol. The summed E-state index contributed by atoms with van der Waals surface area (Å²) in [6, 6.07) is 8.10. The molecule has 1 aromatic heterocycles. The molecule has 0 bridgehead atoms. The van der Waals surface area contributed by atoms with Crippen LogP contribution in [0.5, 0.6) is 5.75 Å². The van der Waals surface area contributed by atoms with Crippen molar-refractivity contribution < 1.29 is 4.74 Å². The molecule has 1 aromatic carbocycles. The van der Waals surface area contributed by atoms with Crippen LogP contribution in [0.1, 0.15) is 30.2 Å². The van der Waals surface area contributed by atoms with E-state index in [2.05, 4.69) is 30.2 Å². The number of nitrogens with zero attached hydrogens (tertiary/aromatic N) is 1. The fourth-order valence-electron chi connectivity index (χ4n) is 1.67. The van der Waals surface area contributed by atoms with E-state index in [0.29, 0.717) is 0 Å². The molecule has 0 aliphatic carbocycles. The summed E-state index contributed by atoms with van der Waals surface area (Å²) >= 11 is 1.72. The average molecular weight is 276 g/mol. The molecule has 3 nitrogen and oxygen atoms in total. The van der Waals surface area contributed by atoms with Gasteiger partial charge in [-0.25, -0.2) is 4.98 Å². The zero-order valence-electron chi connectivity index (χ0n) is 11.6. The van der Waals surface area contributed by atoms with Gasteiger partial charge in [0.2, 0.25) is 0 Å². The van der Waals surface area contributed by atoms with E-state index >= 15 is 0 Å². The number of thiazole rings is 1. The summed E-state index contributed by atoms with van der Waals surface area (Å²) in [4.78, 5) is 5.49. The van der Waals surface area contributed by atoms with Gasteiger partial charge in [0.25, 0.3) is 0 Å². The Morgan fingerprint density at radius 1 is 1.42 bits per heavy atom. The second kappa shape index (κ2) is 6.57. The van der Waals surface area contributed by atoms with Gasteiger partial charge in [-0.15, -0.1) is 11.3 Å². The third-order valence-corrected chi connectivity index (χ3v) is 3.79. The van der Waals surface area contributed by atoms with Gasteiger partial charge in [-0.3, -0.25) is 0 Å². The lowest BCUT2D eigenvalue weighted by molar-refractivity contribution is 0.217. The molecule has 102 valence electrons. The minimum Gasteiger partial charge on any atom is -0.491 e. The van der Waals surface area contributed by atoms with Crippen LogP contribution in [0.25, 0.3) is 0 Å². The highest BCUT2D eigenvalue weighted by atomic mass is 32.1. The number of ether oxygens (including phenoxy) is 1. The zero-order valence-corrected chi connectivity index (χ0v) is 12.5. The van der Waals surface area contributed by atoms with Gasteiger partial charge < -0.3 is 10.1 Å². The predicted octanol–water partition coefficient (Wildman–Crippen LogP) is 4.24. The molecule has 4 heteroatoms. The standard InChI is InChI=1S/C15H20N2OS/c1-4-11(2)18-14-7-5-6-13(8-14)17-10-15-9-16-12(3)19-15/h5-9,11,17H,4,10H2,1-3H3. The van der Waals surface area contributed by atoms with E-state index in [1.165, 1.54) is 4.88 Å². The predicted molar refractivity (Wildman–Crippen MR) is 81.0 cm³/mol. The van der Waals surface area contributed by atoms with Gasteiger partial charge in [0.1, 0.15) is 5.75 Å². The summed E-state index contributed by atoms with van der Waals surface area (Å²) in [6.45, 7) is 7.03. The molecule has 19 heavy (non-hydrogen) atoms. The van der Waals surface area contributed by atoms with Gasteiger partial charge in [0.15, 0.2) is 0 Å². The van der Waals surface area contributed by atoms with Gasteiger partial charge in [0.05, 0.1) is 17.7 Å². The smallest absolute Gasteiger partial charge is 0.121 e. The Balaban J connectivity index is 1.95. The highest BCUT2D eigenvalue weighted by Crippen LogP contribution is 2.20. The molecular formula is C15H20N2OS. The fraction of sp³-hybridized carbons (Fsp3) is 0.400. The lowest BCUT2D eigenvalue weighted by Crippen LogP contribution is -2.09. The third kappa shape index (κ3) is 4.24. The van der Waals surface area contributed by atoms with Crippen molar-refractivity contribution in [1.82, 2.24) is 4.98 Å². The van der Waals surface area contributed by atoms with Crippen molar-refractivity contribution in [2.45, 2.75) is 39.8 Å². The SMILES string of the molecule is CCC(C)Oc1cccc(NCc2cnc(C)s2)c1. The molecule has 2 rings (SSSR count). The van der Waals surface area contributed by atoms with Gasteiger partial charge in [-0.2, -0.15) is 0 Å². The number of anilines is 1.